The summed E-state index contributed by atoms with van der Waals surface area (Å²) in [5.41, 5.74) is 12.0. The molecule has 0 bridgehead atoms. The Hall–Kier alpha value is -0.480. The van der Waals surface area contributed by atoms with Crippen molar-refractivity contribution in [1.29, 1.82) is 0 Å². The Bertz CT molecular complexity index is 265. The summed E-state index contributed by atoms with van der Waals surface area (Å²) in [6.45, 7) is 14.5. The van der Waals surface area contributed by atoms with Crippen LogP contribution in [0.25, 0.3) is 0 Å². The molecule has 0 saturated heterocycles. The van der Waals surface area contributed by atoms with E-state index in [-0.39, 0.29) is 11.6 Å². The van der Waals surface area contributed by atoms with Crippen molar-refractivity contribution in [1.82, 2.24) is 32.9 Å². The summed E-state index contributed by atoms with van der Waals surface area (Å²) < 4.78 is 0. The first-order valence-electron chi connectivity index (χ1n) is 10.8. The van der Waals surface area contributed by atoms with Crippen LogP contribution in [-0.4, -0.2) is 69.0 Å². The van der Waals surface area contributed by atoms with Gasteiger partial charge >= 0.3 is 0 Å². The third-order valence-corrected chi connectivity index (χ3v) is 2.90. The molecule has 31 heavy (non-hydrogen) atoms. The van der Waals surface area contributed by atoms with Gasteiger partial charge in [-0.15, -0.1) is 0 Å². The van der Waals surface area contributed by atoms with Gasteiger partial charge < -0.3 is 31.2 Å². The largest absolute Gasteiger partial charge is 0.317 e. The van der Waals surface area contributed by atoms with E-state index in [1.165, 1.54) is 26.3 Å². The van der Waals surface area contributed by atoms with Crippen LogP contribution in [0.5, 0.6) is 0 Å². The minimum atomic E-state index is -0.153. The van der Waals surface area contributed by atoms with Gasteiger partial charge in [0.25, 0.3) is 0 Å². The van der Waals surface area contributed by atoms with Crippen molar-refractivity contribution in [3.05, 3.63) is 0 Å². The highest BCUT2D eigenvalue weighted by atomic mass is 16.5. The molecule has 0 radical (unpaired) electrons. The fourth-order valence-electron chi connectivity index (χ4n) is 1.34. The van der Waals surface area contributed by atoms with Crippen molar-refractivity contribution >= 4 is 0 Å². The van der Waals surface area contributed by atoms with E-state index >= 15 is 0 Å². The highest BCUT2D eigenvalue weighted by Crippen LogP contribution is 2.16. The first-order valence-corrected chi connectivity index (χ1v) is 10.8. The van der Waals surface area contributed by atoms with E-state index in [1.807, 2.05) is 64.9 Å². The zero-order chi connectivity index (χ0) is 25.6. The second kappa shape index (κ2) is 36.9. The minimum Gasteiger partial charge on any atom is -0.317 e. The molecule has 1 rings (SSSR count). The highest BCUT2D eigenvalue weighted by molar-refractivity contribution is 4.67. The molecule has 1 aliphatic rings. The van der Waals surface area contributed by atoms with Gasteiger partial charge in [0.15, 0.2) is 0 Å². The highest BCUT2D eigenvalue weighted by Gasteiger charge is 2.10. The molecule has 0 spiro atoms. The predicted octanol–water partition coefficient (Wildman–Crippen LogP) is 2.39. The Morgan fingerprint density at radius 3 is 1.29 bits per heavy atom. The van der Waals surface area contributed by atoms with Crippen LogP contribution in [0.4, 0.5) is 0 Å². The van der Waals surface area contributed by atoms with Crippen molar-refractivity contribution in [2.45, 2.75) is 105 Å². The Balaban J connectivity index is -0.0000000900. The Kier molecular flexibility index (Phi) is 48.6. The van der Waals surface area contributed by atoms with Gasteiger partial charge in [-0.05, 0) is 53.9 Å². The van der Waals surface area contributed by atoms with Crippen molar-refractivity contribution in [3.8, 4) is 0 Å². The maximum Gasteiger partial charge on any atom is 0.0345 e. The van der Waals surface area contributed by atoms with Crippen LogP contribution in [0.1, 0.15) is 87.0 Å². The average Bonchev–Trinajstić information content (AvgIpc) is 2.76. The van der Waals surface area contributed by atoms with Crippen LogP contribution in [0.15, 0.2) is 0 Å². The van der Waals surface area contributed by atoms with Crippen molar-refractivity contribution in [2.24, 2.45) is 0 Å². The predicted molar refractivity (Wildman–Crippen MR) is 123 cm³/mol. The number of rotatable bonds is 5. The molecule has 12 nitrogen and oxygen atoms in total. The Morgan fingerprint density at radius 1 is 0.839 bits per heavy atom. The molecule has 0 aromatic carbocycles. The first-order chi connectivity index (χ1) is 14.5. The molecular weight excluding hydrogens is 408 g/mol. The van der Waals surface area contributed by atoms with Crippen LogP contribution in [0.2, 0.25) is 0 Å². The molecule has 12 N–H and O–H groups in total. The molecule has 0 atom stereocenters. The zero-order valence-corrected chi connectivity index (χ0v) is 21.0. The molecule has 0 unspecified atom stereocenters. The van der Waals surface area contributed by atoms with Gasteiger partial charge in [-0.3, -0.25) is 0 Å². The fourth-order valence-corrected chi connectivity index (χ4v) is 1.34. The standard InChI is InChI=1S/C6H13NO.C4H11NO.2C3H9NO.C2H7NO.CH5NO/c8-7-6-4-2-1-3-5-6;1-4(2,3)5-6;1-3(2)4-5;1-2-3-4-5;1-2-3-4;1-2-3/h6-8H,1-5H2;5-6H,1-3H3;3-5H,1-2H3;4-5H,2-3H2,1H3;3-4H,2H2,1H3;2-3H,1H3. The molecule has 0 amide bonds. The lowest BCUT2D eigenvalue weighted by molar-refractivity contribution is 0.0918. The summed E-state index contributed by atoms with van der Waals surface area (Å²) in [4.78, 5) is 0. The molecule has 0 heterocycles. The van der Waals surface area contributed by atoms with E-state index in [9.17, 15) is 0 Å². The number of hydrogen-bond acceptors (Lipinski definition) is 12. The van der Waals surface area contributed by atoms with E-state index in [4.69, 9.17) is 31.2 Å². The number of hydrogen-bond donors (Lipinski definition) is 12. The molecule has 0 aromatic heterocycles. The quantitative estimate of drug-likeness (QED) is 0.267. The summed E-state index contributed by atoms with van der Waals surface area (Å²) in [6, 6.07) is 0.582. The van der Waals surface area contributed by atoms with Gasteiger partial charge in [-0.25, -0.2) is 32.9 Å². The normalized spacial score (nSPS) is 12.9. The molecule has 0 aromatic rings. The van der Waals surface area contributed by atoms with Crippen LogP contribution in [0, 0.1) is 0 Å². The lowest BCUT2D eigenvalue weighted by Crippen LogP contribution is -2.32. The lowest BCUT2D eigenvalue weighted by Gasteiger charge is -2.18. The van der Waals surface area contributed by atoms with E-state index in [1.54, 1.807) is 5.48 Å². The van der Waals surface area contributed by atoms with Gasteiger partial charge in [0.2, 0.25) is 0 Å². The van der Waals surface area contributed by atoms with E-state index < -0.39 is 0 Å². The molecule has 1 aliphatic carbocycles. The number of hydroxylamine groups is 6. The zero-order valence-electron chi connectivity index (χ0n) is 21.0. The molecular formula is C19H54N6O6. The maximum absolute atomic E-state index is 8.44. The minimum absolute atomic E-state index is 0.153. The van der Waals surface area contributed by atoms with Gasteiger partial charge in [0.1, 0.15) is 0 Å². The lowest BCUT2D eigenvalue weighted by atomic mass is 9.96. The monoisotopic (exact) mass is 462 g/mol. The Labute approximate surface area is 189 Å². The number of nitrogens with one attached hydrogen (secondary N) is 6. The summed E-state index contributed by atoms with van der Waals surface area (Å²) in [7, 11) is 1.43. The fraction of sp³-hybridized carbons (Fsp3) is 1.00. The smallest absolute Gasteiger partial charge is 0.0345 e. The van der Waals surface area contributed by atoms with Crippen molar-refractivity contribution < 1.29 is 31.2 Å². The van der Waals surface area contributed by atoms with Gasteiger partial charge in [-0.1, -0.05) is 33.1 Å². The SMILES string of the molecule is CC(C)(C)NO.CC(C)NO.CCCNO.CCNO.CNO.ONC1CCCCC1. The second-order valence-electron chi connectivity index (χ2n) is 7.75. The second-order valence-corrected chi connectivity index (χ2v) is 7.75. The summed E-state index contributed by atoms with van der Waals surface area (Å²) in [5, 5.41) is 47.2. The third kappa shape index (κ3) is 72.8. The first kappa shape index (κ1) is 40.8. The molecule has 1 fully saturated rings. The van der Waals surface area contributed by atoms with Crippen LogP contribution >= 0.6 is 0 Å². The van der Waals surface area contributed by atoms with Gasteiger partial charge in [-0.2, -0.15) is 0 Å². The Morgan fingerprint density at radius 2 is 1.19 bits per heavy atom. The van der Waals surface area contributed by atoms with Gasteiger partial charge in [0.05, 0.1) is 0 Å². The summed E-state index contributed by atoms with van der Waals surface area (Å²) in [6.07, 6.45) is 7.18. The molecule has 196 valence electrons. The van der Waals surface area contributed by atoms with Gasteiger partial charge in [0, 0.05) is 37.8 Å². The van der Waals surface area contributed by atoms with E-state index in [0.717, 1.165) is 19.3 Å². The molecule has 1 saturated carbocycles. The van der Waals surface area contributed by atoms with Crippen molar-refractivity contribution in [3.63, 3.8) is 0 Å². The molecule has 12 heteroatoms. The molecule has 0 aliphatic heterocycles. The van der Waals surface area contributed by atoms with Crippen LogP contribution < -0.4 is 32.9 Å². The van der Waals surface area contributed by atoms with Crippen LogP contribution in [-0.2, 0) is 0 Å². The maximum atomic E-state index is 8.44. The third-order valence-electron chi connectivity index (χ3n) is 2.90. The average molecular weight is 463 g/mol. The van der Waals surface area contributed by atoms with Crippen LogP contribution in [0.3, 0.4) is 0 Å². The summed E-state index contributed by atoms with van der Waals surface area (Å²) in [5.74, 6) is 0. The van der Waals surface area contributed by atoms with Crippen molar-refractivity contribution in [2.75, 3.05) is 20.1 Å². The van der Waals surface area contributed by atoms with E-state index in [0.29, 0.717) is 19.1 Å². The van der Waals surface area contributed by atoms with E-state index in [2.05, 4.69) is 11.0 Å². The summed E-state index contributed by atoms with van der Waals surface area (Å²) >= 11 is 0. The topological polar surface area (TPSA) is 194 Å².